The van der Waals surface area contributed by atoms with Gasteiger partial charge in [-0.2, -0.15) is 10.1 Å². The molecule has 1 atom stereocenters. The average molecular weight is 314 g/mol. The third-order valence-electron chi connectivity index (χ3n) is 3.72. The number of aromatic nitrogens is 3. The zero-order valence-electron chi connectivity index (χ0n) is 13.2. The van der Waals surface area contributed by atoms with Gasteiger partial charge in [0.1, 0.15) is 18.1 Å². The third-order valence-corrected chi connectivity index (χ3v) is 3.72. The molecule has 0 unspecified atom stereocenters. The Morgan fingerprint density at radius 3 is 2.74 bits per heavy atom. The third kappa shape index (κ3) is 2.65. The summed E-state index contributed by atoms with van der Waals surface area (Å²) < 4.78 is 12.1. The number of nitrogens with zero attached hydrogens (tertiary/aromatic N) is 3. The minimum absolute atomic E-state index is 0.315. The molecule has 0 amide bonds. The molecule has 23 heavy (non-hydrogen) atoms. The van der Waals surface area contributed by atoms with Crippen molar-refractivity contribution in [3.05, 3.63) is 47.4 Å². The molecule has 7 heteroatoms. The van der Waals surface area contributed by atoms with Gasteiger partial charge in [0, 0.05) is 5.70 Å². The minimum Gasteiger partial charge on any atom is -0.497 e. The molecule has 2 aromatic rings. The van der Waals surface area contributed by atoms with Crippen molar-refractivity contribution in [3.8, 4) is 5.75 Å². The van der Waals surface area contributed by atoms with Crippen LogP contribution in [0, 0.1) is 0 Å². The number of rotatable bonds is 4. The number of ether oxygens (including phenoxy) is 2. The Hall–Kier alpha value is -2.83. The Morgan fingerprint density at radius 2 is 2.09 bits per heavy atom. The van der Waals surface area contributed by atoms with Gasteiger partial charge in [-0.1, -0.05) is 12.1 Å². The first-order valence-electron chi connectivity index (χ1n) is 7.34. The number of fused-ring (bicyclic) bond motifs is 1. The van der Waals surface area contributed by atoms with Crippen LogP contribution in [0.4, 0.5) is 5.95 Å². The number of esters is 1. The van der Waals surface area contributed by atoms with Crippen LogP contribution in [0.3, 0.4) is 0 Å². The predicted octanol–water partition coefficient (Wildman–Crippen LogP) is 2.14. The van der Waals surface area contributed by atoms with Crippen molar-refractivity contribution in [2.45, 2.75) is 19.9 Å². The first kappa shape index (κ1) is 15.1. The Morgan fingerprint density at radius 1 is 1.35 bits per heavy atom. The highest BCUT2D eigenvalue weighted by atomic mass is 16.5. The summed E-state index contributed by atoms with van der Waals surface area (Å²) in [6.45, 7) is 3.93. The van der Waals surface area contributed by atoms with Gasteiger partial charge in [0.15, 0.2) is 0 Å². The molecule has 0 spiro atoms. The van der Waals surface area contributed by atoms with Crippen molar-refractivity contribution in [2.24, 2.45) is 0 Å². The van der Waals surface area contributed by atoms with Gasteiger partial charge in [0.2, 0.25) is 5.95 Å². The summed E-state index contributed by atoms with van der Waals surface area (Å²) in [4.78, 5) is 16.6. The fourth-order valence-corrected chi connectivity index (χ4v) is 2.66. The number of carbonyl (C=O) groups is 1. The van der Waals surface area contributed by atoms with Crippen LogP contribution in [0.15, 0.2) is 41.9 Å². The van der Waals surface area contributed by atoms with Gasteiger partial charge in [-0.05, 0) is 31.5 Å². The summed E-state index contributed by atoms with van der Waals surface area (Å²) in [6.07, 6.45) is 1.46. The maximum atomic E-state index is 12.4. The number of nitrogens with one attached hydrogen (secondary N) is 1. The van der Waals surface area contributed by atoms with Crippen LogP contribution in [0.1, 0.15) is 25.5 Å². The molecule has 7 nitrogen and oxygen atoms in total. The van der Waals surface area contributed by atoms with Gasteiger partial charge < -0.3 is 14.8 Å². The number of carbonyl (C=O) groups excluding carboxylic acids is 1. The van der Waals surface area contributed by atoms with Crippen molar-refractivity contribution in [1.29, 1.82) is 0 Å². The number of hydrogen-bond acceptors (Lipinski definition) is 6. The lowest BCUT2D eigenvalue weighted by Crippen LogP contribution is -2.29. The second-order valence-corrected chi connectivity index (χ2v) is 5.09. The Labute approximate surface area is 133 Å². The van der Waals surface area contributed by atoms with Crippen LogP contribution in [-0.4, -0.2) is 34.5 Å². The van der Waals surface area contributed by atoms with Gasteiger partial charge in [0.05, 0.1) is 19.3 Å². The molecule has 3 rings (SSSR count). The first-order chi connectivity index (χ1) is 11.2. The van der Waals surface area contributed by atoms with E-state index in [1.54, 1.807) is 18.7 Å². The fraction of sp³-hybridized carbons (Fsp3) is 0.312. The molecule has 0 fully saturated rings. The lowest BCUT2D eigenvalue weighted by molar-refractivity contribution is -0.139. The first-order valence-corrected chi connectivity index (χ1v) is 7.34. The Balaban J connectivity index is 2.10. The lowest BCUT2D eigenvalue weighted by Gasteiger charge is -2.28. The van der Waals surface area contributed by atoms with Crippen molar-refractivity contribution in [3.63, 3.8) is 0 Å². The van der Waals surface area contributed by atoms with E-state index in [1.165, 1.54) is 6.33 Å². The number of benzene rings is 1. The highest BCUT2D eigenvalue weighted by Gasteiger charge is 2.34. The molecule has 2 heterocycles. The molecule has 0 saturated heterocycles. The van der Waals surface area contributed by atoms with E-state index < -0.39 is 6.04 Å². The summed E-state index contributed by atoms with van der Waals surface area (Å²) in [5, 5.41) is 7.35. The number of methoxy groups -OCH3 is 1. The topological polar surface area (TPSA) is 78.3 Å². The summed E-state index contributed by atoms with van der Waals surface area (Å²) in [5.41, 5.74) is 2.14. The van der Waals surface area contributed by atoms with E-state index in [1.807, 2.05) is 31.2 Å². The summed E-state index contributed by atoms with van der Waals surface area (Å²) in [7, 11) is 1.61. The number of allylic oxidation sites excluding steroid dienone is 1. The molecule has 1 aromatic carbocycles. The summed E-state index contributed by atoms with van der Waals surface area (Å²) in [5.74, 6) is 0.982. The molecular formula is C16H18N4O3. The number of hydrogen-bond donors (Lipinski definition) is 1. The van der Waals surface area contributed by atoms with E-state index in [9.17, 15) is 4.79 Å². The SMILES string of the molecule is CCOC(=O)C1=C(C)Nc2ncnn2[C@@H]1c1ccc(OC)cc1. The molecule has 1 aliphatic rings. The van der Waals surface area contributed by atoms with Crippen LogP contribution < -0.4 is 10.1 Å². The van der Waals surface area contributed by atoms with Crippen LogP contribution in [0.2, 0.25) is 0 Å². The van der Waals surface area contributed by atoms with E-state index in [4.69, 9.17) is 9.47 Å². The van der Waals surface area contributed by atoms with Gasteiger partial charge in [-0.3, -0.25) is 0 Å². The molecule has 1 aliphatic heterocycles. The number of anilines is 1. The Kier molecular flexibility index (Phi) is 4.01. The molecule has 0 radical (unpaired) electrons. The van der Waals surface area contributed by atoms with Crippen molar-refractivity contribution < 1.29 is 14.3 Å². The zero-order valence-corrected chi connectivity index (χ0v) is 13.2. The van der Waals surface area contributed by atoms with E-state index in [0.717, 1.165) is 11.3 Å². The average Bonchev–Trinajstić information content (AvgIpc) is 3.01. The standard InChI is InChI=1S/C16H18N4O3/c1-4-23-15(21)13-10(2)19-16-17-9-18-20(16)14(13)11-5-7-12(22-3)8-6-11/h5-9,14H,4H2,1-3H3,(H,17,18,19)/t14-/m1/s1. The maximum absolute atomic E-state index is 12.4. The molecule has 0 saturated carbocycles. The highest BCUT2D eigenvalue weighted by molar-refractivity contribution is 5.92. The summed E-state index contributed by atoms with van der Waals surface area (Å²) in [6, 6.07) is 7.14. The summed E-state index contributed by atoms with van der Waals surface area (Å²) >= 11 is 0. The van der Waals surface area contributed by atoms with Crippen LogP contribution in [-0.2, 0) is 9.53 Å². The van der Waals surface area contributed by atoms with Gasteiger partial charge in [0.25, 0.3) is 0 Å². The molecular weight excluding hydrogens is 296 g/mol. The predicted molar refractivity (Wildman–Crippen MR) is 84.1 cm³/mol. The van der Waals surface area contributed by atoms with E-state index in [-0.39, 0.29) is 5.97 Å². The molecule has 1 aromatic heterocycles. The normalized spacial score (nSPS) is 16.6. The monoisotopic (exact) mass is 314 g/mol. The van der Waals surface area contributed by atoms with Crippen LogP contribution >= 0.6 is 0 Å². The van der Waals surface area contributed by atoms with Gasteiger partial charge in [-0.25, -0.2) is 9.48 Å². The van der Waals surface area contributed by atoms with E-state index >= 15 is 0 Å². The quantitative estimate of drug-likeness (QED) is 0.871. The zero-order chi connectivity index (χ0) is 16.4. The van der Waals surface area contributed by atoms with Crippen LogP contribution in [0.5, 0.6) is 5.75 Å². The molecule has 0 aliphatic carbocycles. The lowest BCUT2D eigenvalue weighted by atomic mass is 9.96. The van der Waals surface area contributed by atoms with E-state index in [0.29, 0.717) is 23.8 Å². The van der Waals surface area contributed by atoms with Crippen molar-refractivity contribution in [2.75, 3.05) is 19.0 Å². The fourth-order valence-electron chi connectivity index (χ4n) is 2.66. The Bertz CT molecular complexity index is 749. The van der Waals surface area contributed by atoms with Crippen molar-refractivity contribution in [1.82, 2.24) is 14.8 Å². The highest BCUT2D eigenvalue weighted by Crippen LogP contribution is 2.35. The smallest absolute Gasteiger partial charge is 0.338 e. The molecule has 1 N–H and O–H groups in total. The van der Waals surface area contributed by atoms with E-state index in [2.05, 4.69) is 15.4 Å². The molecule has 120 valence electrons. The second kappa shape index (κ2) is 6.12. The second-order valence-electron chi connectivity index (χ2n) is 5.09. The molecule has 0 bridgehead atoms. The largest absolute Gasteiger partial charge is 0.497 e. The van der Waals surface area contributed by atoms with Gasteiger partial charge in [-0.15, -0.1) is 0 Å². The maximum Gasteiger partial charge on any atom is 0.338 e. The minimum atomic E-state index is -0.390. The van der Waals surface area contributed by atoms with Crippen LogP contribution in [0.25, 0.3) is 0 Å². The van der Waals surface area contributed by atoms with Crippen molar-refractivity contribution >= 4 is 11.9 Å². The van der Waals surface area contributed by atoms with Gasteiger partial charge >= 0.3 is 5.97 Å².